The third kappa shape index (κ3) is 6.12. The Hall–Kier alpha value is 0.274. The van der Waals surface area contributed by atoms with Crippen molar-refractivity contribution >= 4 is 17.6 Å². The van der Waals surface area contributed by atoms with Gasteiger partial charge in [-0.3, -0.25) is 4.90 Å². The van der Waals surface area contributed by atoms with Gasteiger partial charge in [0.25, 0.3) is 0 Å². The maximum Gasteiger partial charge on any atom is 0.514 e. The van der Waals surface area contributed by atoms with Gasteiger partial charge in [-0.15, -0.1) is 0 Å². The summed E-state index contributed by atoms with van der Waals surface area (Å²) < 4.78 is 17.1. The molecule has 0 aliphatic carbocycles. The molecule has 6 heteroatoms. The fourth-order valence-electron chi connectivity index (χ4n) is 1.20. The van der Waals surface area contributed by atoms with Crippen LogP contribution in [0.1, 0.15) is 20.8 Å². The monoisotopic (exact) mass is 279 g/mol. The predicted molar refractivity (Wildman–Crippen MR) is 77.0 cm³/mol. The van der Waals surface area contributed by atoms with Gasteiger partial charge in [-0.05, 0) is 27.8 Å². The Morgan fingerprint density at radius 1 is 1.12 bits per heavy atom. The molecule has 4 nitrogen and oxygen atoms in total. The minimum Gasteiger partial charge on any atom is -0.377 e. The summed E-state index contributed by atoms with van der Waals surface area (Å²) in [6.07, 6.45) is 1.54. The van der Waals surface area contributed by atoms with E-state index < -0.39 is 17.6 Å². The highest BCUT2D eigenvalue weighted by molar-refractivity contribution is 6.63. The Labute approximate surface area is 109 Å². The summed E-state index contributed by atoms with van der Waals surface area (Å²) in [5, 5.41) is 0. The van der Waals surface area contributed by atoms with Crippen molar-refractivity contribution in [2.24, 2.45) is 0 Å². The molecule has 0 spiro atoms. The molecule has 0 saturated heterocycles. The van der Waals surface area contributed by atoms with Crippen molar-refractivity contribution in [1.29, 1.82) is 0 Å². The van der Waals surface area contributed by atoms with Crippen LogP contribution in [0.15, 0.2) is 0 Å². The molecule has 0 aromatic rings. The van der Waals surface area contributed by atoms with Crippen LogP contribution < -0.4 is 0 Å². The SMILES string of the molecule is CO[Si](CN(C)C(C)(C)C)(OC)OC[SiH](C)C. The minimum atomic E-state index is -2.52. The highest BCUT2D eigenvalue weighted by Gasteiger charge is 2.42. The van der Waals surface area contributed by atoms with Crippen molar-refractivity contribution in [2.75, 3.05) is 33.7 Å². The van der Waals surface area contributed by atoms with Crippen molar-refractivity contribution < 1.29 is 13.3 Å². The molecule has 0 aliphatic rings. The zero-order chi connectivity index (χ0) is 13.7. The van der Waals surface area contributed by atoms with Crippen LogP contribution in [0.25, 0.3) is 0 Å². The van der Waals surface area contributed by atoms with E-state index in [-0.39, 0.29) is 5.54 Å². The second-order valence-corrected chi connectivity index (χ2v) is 11.7. The first-order chi connectivity index (χ1) is 7.67. The van der Waals surface area contributed by atoms with E-state index in [9.17, 15) is 0 Å². The van der Waals surface area contributed by atoms with E-state index in [0.717, 1.165) is 12.4 Å². The molecule has 0 aliphatic heterocycles. The Morgan fingerprint density at radius 2 is 1.59 bits per heavy atom. The molecular formula is C11H29NO3Si2. The fraction of sp³-hybridized carbons (Fsp3) is 1.00. The normalized spacial score (nSPS) is 13.8. The second kappa shape index (κ2) is 7.01. The highest BCUT2D eigenvalue weighted by Crippen LogP contribution is 2.16. The first-order valence-electron chi connectivity index (χ1n) is 6.12. The summed E-state index contributed by atoms with van der Waals surface area (Å²) in [5.74, 6) is 0. The van der Waals surface area contributed by atoms with Crippen LogP contribution in [0, 0.1) is 0 Å². The molecule has 0 bridgehead atoms. The van der Waals surface area contributed by atoms with Crippen LogP contribution in [0.3, 0.4) is 0 Å². The van der Waals surface area contributed by atoms with Gasteiger partial charge in [0, 0.05) is 26.0 Å². The highest BCUT2D eigenvalue weighted by atomic mass is 28.4. The molecule has 0 fully saturated rings. The van der Waals surface area contributed by atoms with Crippen LogP contribution in [-0.2, 0) is 13.3 Å². The van der Waals surface area contributed by atoms with E-state index in [1.54, 1.807) is 14.2 Å². The Kier molecular flexibility index (Phi) is 7.12. The van der Waals surface area contributed by atoms with Crippen LogP contribution in [0.5, 0.6) is 0 Å². The van der Waals surface area contributed by atoms with Gasteiger partial charge in [-0.25, -0.2) is 0 Å². The lowest BCUT2D eigenvalue weighted by molar-refractivity contribution is 0.0812. The van der Waals surface area contributed by atoms with Crippen molar-refractivity contribution in [3.8, 4) is 0 Å². The standard InChI is InChI=1S/C11H29NO3Si2/c1-11(2,3)12(4)9-17(13-5,14-6)15-10-16(7)8/h16H,9-10H2,1-8H3. The van der Waals surface area contributed by atoms with Crippen LogP contribution in [0.4, 0.5) is 0 Å². The summed E-state index contributed by atoms with van der Waals surface area (Å²) in [6, 6.07) is 0. The van der Waals surface area contributed by atoms with E-state index in [1.807, 2.05) is 0 Å². The quantitative estimate of drug-likeness (QED) is 0.661. The fourth-order valence-corrected chi connectivity index (χ4v) is 5.35. The van der Waals surface area contributed by atoms with E-state index in [1.165, 1.54) is 0 Å². The molecule has 17 heavy (non-hydrogen) atoms. The summed E-state index contributed by atoms with van der Waals surface area (Å²) in [7, 11) is 2.19. The third-order valence-corrected chi connectivity index (χ3v) is 6.71. The number of nitrogens with zero attached hydrogens (tertiary/aromatic N) is 1. The van der Waals surface area contributed by atoms with Gasteiger partial charge in [-0.2, -0.15) is 0 Å². The smallest absolute Gasteiger partial charge is 0.377 e. The molecule has 0 atom stereocenters. The molecule has 0 radical (unpaired) electrons. The molecular weight excluding hydrogens is 250 g/mol. The van der Waals surface area contributed by atoms with Gasteiger partial charge in [0.1, 0.15) is 0 Å². The molecule has 0 aromatic carbocycles. The van der Waals surface area contributed by atoms with Gasteiger partial charge < -0.3 is 13.3 Å². The minimum absolute atomic E-state index is 0.0912. The van der Waals surface area contributed by atoms with Gasteiger partial charge in [0.2, 0.25) is 0 Å². The van der Waals surface area contributed by atoms with Crippen LogP contribution >= 0.6 is 0 Å². The molecule has 0 aromatic heterocycles. The molecule has 104 valence electrons. The summed E-state index contributed by atoms with van der Waals surface area (Å²) >= 11 is 0. The molecule has 0 heterocycles. The lowest BCUT2D eigenvalue weighted by Crippen LogP contribution is -2.57. The summed E-state index contributed by atoms with van der Waals surface area (Å²) in [6.45, 7) is 11.0. The van der Waals surface area contributed by atoms with Crippen molar-refractivity contribution in [3.63, 3.8) is 0 Å². The van der Waals surface area contributed by atoms with E-state index in [4.69, 9.17) is 13.3 Å². The van der Waals surface area contributed by atoms with Gasteiger partial charge in [-0.1, -0.05) is 13.1 Å². The predicted octanol–water partition coefficient (Wildman–Crippen LogP) is 1.53. The van der Waals surface area contributed by atoms with Gasteiger partial charge >= 0.3 is 8.80 Å². The molecule has 0 saturated carbocycles. The maximum absolute atomic E-state index is 5.97. The zero-order valence-corrected chi connectivity index (χ0v) is 14.8. The van der Waals surface area contributed by atoms with Gasteiger partial charge in [0.05, 0.1) is 15.0 Å². The largest absolute Gasteiger partial charge is 0.514 e. The zero-order valence-electron chi connectivity index (χ0n) is 12.7. The molecule has 0 amide bonds. The second-order valence-electron chi connectivity index (χ2n) is 5.82. The lowest BCUT2D eigenvalue weighted by Gasteiger charge is -2.37. The number of hydrogen-bond acceptors (Lipinski definition) is 4. The average Bonchev–Trinajstić information content (AvgIpc) is 2.22. The van der Waals surface area contributed by atoms with E-state index >= 15 is 0 Å². The van der Waals surface area contributed by atoms with Crippen LogP contribution in [0.2, 0.25) is 13.1 Å². The van der Waals surface area contributed by atoms with Crippen LogP contribution in [-0.4, -0.2) is 61.7 Å². The summed E-state index contributed by atoms with van der Waals surface area (Å²) in [5.41, 5.74) is 0.0912. The third-order valence-electron chi connectivity index (χ3n) is 2.83. The average molecular weight is 280 g/mol. The number of hydrogen-bond donors (Lipinski definition) is 0. The number of rotatable bonds is 7. The van der Waals surface area contributed by atoms with E-state index in [0.29, 0.717) is 0 Å². The van der Waals surface area contributed by atoms with Crippen molar-refractivity contribution in [2.45, 2.75) is 39.4 Å². The van der Waals surface area contributed by atoms with Crippen molar-refractivity contribution in [3.05, 3.63) is 0 Å². The summed E-state index contributed by atoms with van der Waals surface area (Å²) in [4.78, 5) is 2.23. The Bertz CT molecular complexity index is 215. The van der Waals surface area contributed by atoms with Crippen molar-refractivity contribution in [1.82, 2.24) is 4.90 Å². The van der Waals surface area contributed by atoms with E-state index in [2.05, 4.69) is 45.8 Å². The first-order valence-corrected chi connectivity index (χ1v) is 11.2. The Morgan fingerprint density at radius 3 is 1.88 bits per heavy atom. The Balaban J connectivity index is 4.60. The topological polar surface area (TPSA) is 30.9 Å². The lowest BCUT2D eigenvalue weighted by atomic mass is 10.1. The maximum atomic E-state index is 5.97. The van der Waals surface area contributed by atoms with Gasteiger partial charge in [0.15, 0.2) is 0 Å². The first kappa shape index (κ1) is 17.3. The molecule has 0 unspecified atom stereocenters. The molecule has 0 N–H and O–H groups in total. The molecule has 0 rings (SSSR count).